The molecule has 1 unspecified atom stereocenters. The lowest BCUT2D eigenvalue weighted by molar-refractivity contribution is -0.132. The number of carbonyl (C=O) groups is 2. The van der Waals surface area contributed by atoms with Crippen molar-refractivity contribution in [2.24, 2.45) is 0 Å². The summed E-state index contributed by atoms with van der Waals surface area (Å²) in [7, 11) is 1.41. The molecule has 0 saturated carbocycles. The van der Waals surface area contributed by atoms with E-state index in [1.54, 1.807) is 49.6 Å². The van der Waals surface area contributed by atoms with Crippen LogP contribution in [0.3, 0.4) is 0 Å². The Morgan fingerprint density at radius 3 is 2.27 bits per heavy atom. The molecule has 2 heterocycles. The van der Waals surface area contributed by atoms with Crippen LogP contribution in [-0.4, -0.2) is 28.9 Å². The van der Waals surface area contributed by atoms with Gasteiger partial charge in [-0.05, 0) is 54.4 Å². The van der Waals surface area contributed by atoms with Crippen LogP contribution in [0, 0.1) is 6.92 Å². The van der Waals surface area contributed by atoms with Crippen molar-refractivity contribution >= 4 is 57.9 Å². The second-order valence-electron chi connectivity index (χ2n) is 7.31. The van der Waals surface area contributed by atoms with Gasteiger partial charge in [0.05, 0.1) is 28.8 Å². The molecule has 1 aromatic heterocycles. The lowest BCUT2D eigenvalue weighted by Gasteiger charge is -2.27. The highest BCUT2D eigenvalue weighted by molar-refractivity contribution is 6.52. The Morgan fingerprint density at radius 2 is 1.67 bits per heavy atom. The van der Waals surface area contributed by atoms with Crippen LogP contribution in [0.5, 0.6) is 5.75 Å². The quantitative estimate of drug-likeness (QED) is 0.269. The van der Waals surface area contributed by atoms with Gasteiger partial charge >= 0.3 is 0 Å². The van der Waals surface area contributed by atoms with E-state index in [0.717, 1.165) is 0 Å². The predicted octanol–water partition coefficient (Wildman–Crippen LogP) is 5.99. The fourth-order valence-electron chi connectivity index (χ4n) is 3.85. The van der Waals surface area contributed by atoms with E-state index in [-0.39, 0.29) is 26.9 Å². The molecule has 2 aromatic carbocycles. The number of rotatable bonds is 4. The number of ether oxygens (including phenoxy) is 1. The normalized spacial score (nSPS) is 17.5. The van der Waals surface area contributed by atoms with Gasteiger partial charge in [-0.2, -0.15) is 0 Å². The molecule has 0 spiro atoms. The van der Waals surface area contributed by atoms with Crippen LogP contribution in [-0.2, 0) is 9.59 Å². The zero-order valence-corrected chi connectivity index (χ0v) is 19.7. The van der Waals surface area contributed by atoms with Gasteiger partial charge in [0.25, 0.3) is 11.7 Å². The van der Waals surface area contributed by atoms with E-state index >= 15 is 0 Å². The van der Waals surface area contributed by atoms with Crippen LogP contribution in [0.1, 0.15) is 22.7 Å². The number of hydrogen-bond donors (Lipinski definition) is 1. The smallest absolute Gasteiger partial charge is 0.300 e. The third kappa shape index (κ3) is 3.95. The number of Topliss-reactive ketones (excluding diaryl/α,β-unsaturated/α-hetero) is 1. The molecule has 6 nitrogen and oxygen atoms in total. The minimum absolute atomic E-state index is 0.108. The Bertz CT molecular complexity index is 1290. The molecule has 1 aliphatic rings. The number of aromatic nitrogens is 1. The van der Waals surface area contributed by atoms with Crippen molar-refractivity contribution in [3.63, 3.8) is 0 Å². The first-order valence-corrected chi connectivity index (χ1v) is 10.9. The van der Waals surface area contributed by atoms with E-state index in [1.807, 2.05) is 0 Å². The maximum Gasteiger partial charge on any atom is 0.300 e. The number of benzene rings is 2. The van der Waals surface area contributed by atoms with E-state index in [4.69, 9.17) is 39.5 Å². The average molecular weight is 504 g/mol. The van der Waals surface area contributed by atoms with Crippen molar-refractivity contribution in [1.82, 2.24) is 4.98 Å². The van der Waals surface area contributed by atoms with Gasteiger partial charge in [0.2, 0.25) is 0 Å². The molecule has 1 atom stereocenters. The lowest BCUT2D eigenvalue weighted by atomic mass is 9.95. The number of aliphatic hydroxyl groups is 1. The van der Waals surface area contributed by atoms with Gasteiger partial charge in [-0.15, -0.1) is 0 Å². The molecule has 0 radical (unpaired) electrons. The van der Waals surface area contributed by atoms with Gasteiger partial charge < -0.3 is 9.84 Å². The SMILES string of the molecule is COc1c(Cl)cc(/C(O)=C2\C(=O)C(=O)N(c3cccc(Cl)c3C)C2c2ccncc2)cc1Cl. The summed E-state index contributed by atoms with van der Waals surface area (Å²) in [4.78, 5) is 31.8. The van der Waals surface area contributed by atoms with Crippen molar-refractivity contribution in [1.29, 1.82) is 0 Å². The average Bonchev–Trinajstić information content (AvgIpc) is 3.06. The molecule has 1 N–H and O–H groups in total. The molecular formula is C24H17Cl3N2O4. The van der Waals surface area contributed by atoms with Crippen LogP contribution in [0.4, 0.5) is 5.69 Å². The minimum Gasteiger partial charge on any atom is -0.507 e. The monoisotopic (exact) mass is 502 g/mol. The predicted molar refractivity (Wildman–Crippen MR) is 128 cm³/mol. The van der Waals surface area contributed by atoms with Crippen molar-refractivity contribution in [2.75, 3.05) is 12.0 Å². The highest BCUT2D eigenvalue weighted by Crippen LogP contribution is 2.45. The highest BCUT2D eigenvalue weighted by atomic mass is 35.5. The number of nitrogens with zero attached hydrogens (tertiary/aromatic N) is 2. The van der Waals surface area contributed by atoms with Crippen LogP contribution in [0.2, 0.25) is 15.1 Å². The lowest BCUT2D eigenvalue weighted by Crippen LogP contribution is -2.30. The maximum atomic E-state index is 13.2. The molecule has 9 heteroatoms. The Morgan fingerprint density at radius 1 is 1.03 bits per heavy atom. The van der Waals surface area contributed by atoms with E-state index in [9.17, 15) is 14.7 Å². The van der Waals surface area contributed by atoms with E-state index in [2.05, 4.69) is 4.98 Å². The van der Waals surface area contributed by atoms with E-state index < -0.39 is 23.5 Å². The van der Waals surface area contributed by atoms with Crippen LogP contribution in [0.15, 0.2) is 60.4 Å². The first-order valence-electron chi connectivity index (χ1n) is 9.75. The number of halogens is 3. The highest BCUT2D eigenvalue weighted by Gasteiger charge is 2.47. The zero-order chi connectivity index (χ0) is 23.9. The van der Waals surface area contributed by atoms with Crippen LogP contribution >= 0.6 is 34.8 Å². The molecule has 3 aromatic rings. The number of aliphatic hydroxyl groups excluding tert-OH is 1. The number of pyridine rings is 1. The van der Waals surface area contributed by atoms with Gasteiger partial charge in [0.15, 0.2) is 5.75 Å². The molecule has 1 amide bonds. The minimum atomic E-state index is -0.926. The standard InChI is InChI=1S/C24H17Cl3N2O4/c1-12-15(25)4-3-5-18(12)29-20(13-6-8-28-9-7-13)19(22(31)24(29)32)21(30)14-10-16(26)23(33-2)17(27)11-14/h3-11,20,30H,1-2H3/b21-19+. The van der Waals surface area contributed by atoms with Gasteiger partial charge in [-0.25, -0.2) is 0 Å². The van der Waals surface area contributed by atoms with Crippen molar-refractivity contribution < 1.29 is 19.4 Å². The van der Waals surface area contributed by atoms with Crippen LogP contribution in [0.25, 0.3) is 5.76 Å². The molecule has 168 valence electrons. The van der Waals surface area contributed by atoms with Crippen molar-refractivity contribution in [3.05, 3.63) is 92.2 Å². The Hall–Kier alpha value is -3.06. The number of ketones is 1. The zero-order valence-electron chi connectivity index (χ0n) is 17.5. The number of amides is 1. The van der Waals surface area contributed by atoms with Crippen molar-refractivity contribution in [3.8, 4) is 5.75 Å². The second-order valence-corrected chi connectivity index (χ2v) is 8.53. The van der Waals surface area contributed by atoms with E-state index in [1.165, 1.54) is 24.1 Å². The topological polar surface area (TPSA) is 79.7 Å². The molecular weight excluding hydrogens is 487 g/mol. The first-order chi connectivity index (χ1) is 15.8. The van der Waals surface area contributed by atoms with Gasteiger partial charge in [0, 0.05) is 28.7 Å². The van der Waals surface area contributed by atoms with Crippen LogP contribution < -0.4 is 9.64 Å². The number of hydrogen-bond acceptors (Lipinski definition) is 5. The number of anilines is 1. The fraction of sp³-hybridized carbons (Fsp3) is 0.125. The van der Waals surface area contributed by atoms with E-state index in [0.29, 0.717) is 21.8 Å². The third-order valence-corrected chi connectivity index (χ3v) is 6.41. The molecule has 1 fully saturated rings. The first kappa shape index (κ1) is 23.1. The van der Waals surface area contributed by atoms with Gasteiger partial charge in [-0.1, -0.05) is 40.9 Å². The van der Waals surface area contributed by atoms with Crippen molar-refractivity contribution in [2.45, 2.75) is 13.0 Å². The van der Waals surface area contributed by atoms with Gasteiger partial charge in [0.1, 0.15) is 5.76 Å². The Kier molecular flexibility index (Phi) is 6.34. The maximum absolute atomic E-state index is 13.2. The Balaban J connectivity index is 1.98. The second kappa shape index (κ2) is 9.06. The molecule has 33 heavy (non-hydrogen) atoms. The summed E-state index contributed by atoms with van der Waals surface area (Å²) in [6.45, 7) is 1.75. The molecule has 0 aliphatic carbocycles. The summed E-state index contributed by atoms with van der Waals surface area (Å²) in [6, 6.07) is 10.3. The summed E-state index contributed by atoms with van der Waals surface area (Å²) in [6.07, 6.45) is 3.09. The fourth-order valence-corrected chi connectivity index (χ4v) is 4.66. The summed E-state index contributed by atoms with van der Waals surface area (Å²) in [5.41, 5.74) is 1.72. The summed E-state index contributed by atoms with van der Waals surface area (Å²) >= 11 is 18.8. The number of carbonyl (C=O) groups excluding carboxylic acids is 2. The number of methoxy groups -OCH3 is 1. The summed E-state index contributed by atoms with van der Waals surface area (Å²) in [5.74, 6) is -1.83. The van der Waals surface area contributed by atoms with Gasteiger partial charge in [-0.3, -0.25) is 19.5 Å². The molecule has 1 aliphatic heterocycles. The molecule has 4 rings (SSSR count). The molecule has 0 bridgehead atoms. The summed E-state index contributed by atoms with van der Waals surface area (Å²) < 4.78 is 5.15. The third-order valence-electron chi connectivity index (χ3n) is 5.44. The molecule has 1 saturated heterocycles. The summed E-state index contributed by atoms with van der Waals surface area (Å²) in [5, 5.41) is 12.0. The largest absolute Gasteiger partial charge is 0.507 e. The Labute approximate surface area is 205 Å².